The van der Waals surface area contributed by atoms with Gasteiger partial charge in [-0.25, -0.2) is 4.79 Å². The molecule has 2 aliphatic heterocycles. The number of benzene rings is 1. The molecule has 3 heterocycles. The summed E-state index contributed by atoms with van der Waals surface area (Å²) in [4.78, 5) is 28.4. The van der Waals surface area contributed by atoms with Crippen molar-refractivity contribution in [3.63, 3.8) is 0 Å². The second-order valence-corrected chi connectivity index (χ2v) is 6.99. The molecule has 2 aliphatic rings. The van der Waals surface area contributed by atoms with Gasteiger partial charge in [0.2, 0.25) is 0 Å². The number of nitrogens with zero attached hydrogens (tertiary/aromatic N) is 2. The Labute approximate surface area is 162 Å². The number of hydrazine groups is 2. The fraction of sp³-hybridized carbons (Fsp3) is 0.300. The SMILES string of the molecule is CCc1cc(C(=O)O)c(=O)[nH]c1-c1ccc(N2CCC(N3C=CNN3)C2)cc1. The van der Waals surface area contributed by atoms with Crippen LogP contribution in [0.15, 0.2) is 47.5 Å². The molecule has 0 bridgehead atoms. The van der Waals surface area contributed by atoms with E-state index in [-0.39, 0.29) is 5.56 Å². The number of hydrogen-bond acceptors (Lipinski definition) is 6. The lowest BCUT2D eigenvalue weighted by molar-refractivity contribution is 0.0695. The van der Waals surface area contributed by atoms with E-state index < -0.39 is 11.5 Å². The molecule has 0 spiro atoms. The molecular weight excluding hydrogens is 358 g/mol. The second-order valence-electron chi connectivity index (χ2n) is 6.99. The summed E-state index contributed by atoms with van der Waals surface area (Å²) in [5.74, 6) is -1.21. The largest absolute Gasteiger partial charge is 0.477 e. The van der Waals surface area contributed by atoms with Gasteiger partial charge in [0.05, 0.1) is 11.7 Å². The molecule has 0 saturated carbocycles. The third kappa shape index (κ3) is 3.34. The van der Waals surface area contributed by atoms with E-state index in [4.69, 9.17) is 5.11 Å². The highest BCUT2D eigenvalue weighted by Crippen LogP contribution is 2.27. The highest BCUT2D eigenvalue weighted by atomic mass is 16.4. The van der Waals surface area contributed by atoms with Gasteiger partial charge in [-0.2, -0.15) is 0 Å². The predicted molar refractivity (Wildman–Crippen MR) is 107 cm³/mol. The molecule has 0 radical (unpaired) electrons. The Kier molecular flexibility index (Phi) is 4.79. The second kappa shape index (κ2) is 7.40. The number of hydrogen-bond donors (Lipinski definition) is 4. The number of rotatable bonds is 5. The van der Waals surface area contributed by atoms with Crippen LogP contribution in [0, 0.1) is 0 Å². The van der Waals surface area contributed by atoms with Crippen LogP contribution in [0.1, 0.15) is 29.3 Å². The number of carboxylic acid groups (broad SMARTS) is 1. The molecule has 1 unspecified atom stereocenters. The van der Waals surface area contributed by atoms with E-state index in [1.54, 1.807) is 0 Å². The molecule has 8 heteroatoms. The molecule has 1 fully saturated rings. The van der Waals surface area contributed by atoms with E-state index in [0.717, 1.165) is 36.3 Å². The standard InChI is InChI=1S/C20H23N5O3/c1-2-13-11-17(20(27)28)19(26)22-18(13)14-3-5-15(6-4-14)24-9-7-16(12-24)25-10-8-21-23-25/h3-6,8,10-11,16,21,23H,2,7,9,12H2,1H3,(H,22,26)(H,27,28). The van der Waals surface area contributed by atoms with Crippen molar-refractivity contribution in [2.75, 3.05) is 18.0 Å². The van der Waals surface area contributed by atoms with Gasteiger partial charge in [-0.15, -0.1) is 5.53 Å². The lowest BCUT2D eigenvalue weighted by atomic mass is 10.0. The predicted octanol–water partition coefficient (Wildman–Crippen LogP) is 1.68. The molecule has 1 aromatic heterocycles. The first-order valence-electron chi connectivity index (χ1n) is 9.38. The normalized spacial score (nSPS) is 18.5. The first kappa shape index (κ1) is 18.1. The zero-order chi connectivity index (χ0) is 19.7. The van der Waals surface area contributed by atoms with Gasteiger partial charge < -0.3 is 20.4 Å². The number of aromatic carboxylic acids is 1. The highest BCUT2D eigenvalue weighted by Gasteiger charge is 2.27. The maximum atomic E-state index is 12.1. The lowest BCUT2D eigenvalue weighted by Gasteiger charge is -2.24. The summed E-state index contributed by atoms with van der Waals surface area (Å²) in [5, 5.41) is 11.2. The molecule has 2 aromatic rings. The summed E-state index contributed by atoms with van der Waals surface area (Å²) in [6.45, 7) is 3.83. The molecule has 0 aliphatic carbocycles. The molecule has 1 saturated heterocycles. The van der Waals surface area contributed by atoms with Crippen LogP contribution in [0.3, 0.4) is 0 Å². The van der Waals surface area contributed by atoms with Crippen molar-refractivity contribution in [3.05, 3.63) is 64.2 Å². The van der Waals surface area contributed by atoms with E-state index in [2.05, 4.69) is 25.9 Å². The van der Waals surface area contributed by atoms with E-state index >= 15 is 0 Å². The maximum Gasteiger partial charge on any atom is 0.341 e. The Bertz CT molecular complexity index is 967. The quantitative estimate of drug-likeness (QED) is 0.625. The summed E-state index contributed by atoms with van der Waals surface area (Å²) in [6.07, 6.45) is 5.57. The number of aromatic nitrogens is 1. The number of H-pyrrole nitrogens is 1. The number of anilines is 1. The van der Waals surface area contributed by atoms with E-state index in [0.29, 0.717) is 18.2 Å². The van der Waals surface area contributed by atoms with Crippen LogP contribution in [0.2, 0.25) is 0 Å². The number of aryl methyl sites for hydroxylation is 1. The Hall–Kier alpha value is -3.26. The van der Waals surface area contributed by atoms with Gasteiger partial charge in [0.1, 0.15) is 5.56 Å². The molecule has 4 rings (SSSR count). The molecule has 8 nitrogen and oxygen atoms in total. The summed E-state index contributed by atoms with van der Waals surface area (Å²) in [5.41, 5.74) is 8.76. The van der Waals surface area contributed by atoms with Crippen molar-refractivity contribution >= 4 is 11.7 Å². The minimum atomic E-state index is -1.21. The Morgan fingerprint density at radius 2 is 2.07 bits per heavy atom. The van der Waals surface area contributed by atoms with Crippen molar-refractivity contribution < 1.29 is 9.90 Å². The number of nitrogens with one attached hydrogen (secondary N) is 3. The molecule has 0 amide bonds. The van der Waals surface area contributed by atoms with E-state index in [1.165, 1.54) is 6.07 Å². The van der Waals surface area contributed by atoms with E-state index in [9.17, 15) is 9.59 Å². The van der Waals surface area contributed by atoms with Gasteiger partial charge in [0.25, 0.3) is 5.56 Å². The van der Waals surface area contributed by atoms with Crippen LogP contribution in [0.5, 0.6) is 0 Å². The number of aromatic amines is 1. The minimum Gasteiger partial charge on any atom is -0.477 e. The third-order valence-corrected chi connectivity index (χ3v) is 5.32. The summed E-state index contributed by atoms with van der Waals surface area (Å²) >= 11 is 0. The Balaban J connectivity index is 1.55. The van der Waals surface area contributed by atoms with Crippen LogP contribution < -0.4 is 21.4 Å². The van der Waals surface area contributed by atoms with Gasteiger partial charge in [-0.05, 0) is 42.2 Å². The average Bonchev–Trinajstić information content (AvgIpc) is 3.39. The number of carbonyl (C=O) groups is 1. The molecular formula is C20H23N5O3. The van der Waals surface area contributed by atoms with Gasteiger partial charge in [-0.1, -0.05) is 19.1 Å². The molecule has 1 atom stereocenters. The van der Waals surface area contributed by atoms with Crippen LogP contribution in [0.4, 0.5) is 5.69 Å². The van der Waals surface area contributed by atoms with Crippen LogP contribution >= 0.6 is 0 Å². The third-order valence-electron chi connectivity index (χ3n) is 5.32. The summed E-state index contributed by atoms with van der Waals surface area (Å²) < 4.78 is 0. The maximum absolute atomic E-state index is 12.1. The van der Waals surface area contributed by atoms with Crippen molar-refractivity contribution in [3.8, 4) is 11.3 Å². The first-order chi connectivity index (χ1) is 13.6. The number of pyridine rings is 1. The van der Waals surface area contributed by atoms with Gasteiger partial charge in [0, 0.05) is 31.2 Å². The van der Waals surface area contributed by atoms with Crippen molar-refractivity contribution in [2.45, 2.75) is 25.8 Å². The molecule has 146 valence electrons. The smallest absolute Gasteiger partial charge is 0.341 e. The van der Waals surface area contributed by atoms with Gasteiger partial charge in [0.15, 0.2) is 0 Å². The molecule has 4 N–H and O–H groups in total. The molecule has 1 aromatic carbocycles. The highest BCUT2D eigenvalue weighted by molar-refractivity contribution is 5.88. The van der Waals surface area contributed by atoms with Crippen molar-refractivity contribution in [2.24, 2.45) is 0 Å². The first-order valence-corrected chi connectivity index (χ1v) is 9.38. The monoisotopic (exact) mass is 381 g/mol. The van der Waals surface area contributed by atoms with E-state index in [1.807, 2.05) is 43.6 Å². The number of carboxylic acids is 1. The Morgan fingerprint density at radius 1 is 1.29 bits per heavy atom. The van der Waals surface area contributed by atoms with Crippen LogP contribution in [0.25, 0.3) is 11.3 Å². The Morgan fingerprint density at radius 3 is 2.71 bits per heavy atom. The van der Waals surface area contributed by atoms with Gasteiger partial charge >= 0.3 is 5.97 Å². The minimum absolute atomic E-state index is 0.223. The zero-order valence-electron chi connectivity index (χ0n) is 15.6. The summed E-state index contributed by atoms with van der Waals surface area (Å²) in [7, 11) is 0. The fourth-order valence-corrected chi connectivity index (χ4v) is 3.79. The zero-order valence-corrected chi connectivity index (χ0v) is 15.6. The topological polar surface area (TPSA) is 101 Å². The van der Waals surface area contributed by atoms with Crippen molar-refractivity contribution in [1.29, 1.82) is 0 Å². The fourth-order valence-electron chi connectivity index (χ4n) is 3.79. The summed E-state index contributed by atoms with van der Waals surface area (Å²) in [6, 6.07) is 9.92. The average molecular weight is 381 g/mol. The van der Waals surface area contributed by atoms with Crippen molar-refractivity contribution in [1.82, 2.24) is 21.0 Å². The lowest BCUT2D eigenvalue weighted by Crippen LogP contribution is -2.43. The molecule has 28 heavy (non-hydrogen) atoms. The van der Waals surface area contributed by atoms with Crippen LogP contribution in [-0.4, -0.2) is 40.2 Å². The van der Waals surface area contributed by atoms with Gasteiger partial charge in [-0.3, -0.25) is 9.80 Å². The van der Waals surface area contributed by atoms with Crippen LogP contribution in [-0.2, 0) is 6.42 Å².